The lowest BCUT2D eigenvalue weighted by Crippen LogP contribution is -1.94. The Morgan fingerprint density at radius 2 is 1.90 bits per heavy atom. The van der Waals surface area contributed by atoms with E-state index in [0.717, 1.165) is 12.3 Å². The van der Waals surface area contributed by atoms with E-state index in [1.54, 1.807) is 0 Å². The molecule has 10 heavy (non-hydrogen) atoms. The summed E-state index contributed by atoms with van der Waals surface area (Å²) >= 11 is 0. The van der Waals surface area contributed by atoms with Crippen molar-refractivity contribution in [2.24, 2.45) is 5.92 Å². The smallest absolute Gasteiger partial charge is 0.0431 e. The normalized spacial score (nSPS) is 13.5. The van der Waals surface area contributed by atoms with Gasteiger partial charge >= 0.3 is 0 Å². The minimum absolute atomic E-state index is 0.360. The van der Waals surface area contributed by atoms with Crippen molar-refractivity contribution in [2.75, 3.05) is 6.61 Å². The van der Waals surface area contributed by atoms with Gasteiger partial charge < -0.3 is 5.11 Å². The van der Waals surface area contributed by atoms with Crippen LogP contribution in [0.4, 0.5) is 0 Å². The average Bonchev–Trinajstić information content (AvgIpc) is 1.89. The molecule has 62 valence electrons. The summed E-state index contributed by atoms with van der Waals surface area (Å²) < 4.78 is 0. The third-order valence-corrected chi connectivity index (χ3v) is 1.89. The van der Waals surface area contributed by atoms with Crippen LogP contribution in [0.3, 0.4) is 0 Å². The third-order valence-electron chi connectivity index (χ3n) is 1.89. The second-order valence-corrected chi connectivity index (χ2v) is 3.11. The van der Waals surface area contributed by atoms with E-state index in [1.807, 2.05) is 0 Å². The predicted octanol–water partition coefficient (Wildman–Crippen LogP) is 2.59. The fourth-order valence-electron chi connectivity index (χ4n) is 1.24. The molecule has 0 aromatic carbocycles. The highest BCUT2D eigenvalue weighted by molar-refractivity contribution is 4.51. The maximum Gasteiger partial charge on any atom is 0.0431 e. The highest BCUT2D eigenvalue weighted by Gasteiger charge is 1.98. The van der Waals surface area contributed by atoms with Gasteiger partial charge in [-0.15, -0.1) is 0 Å². The molecular weight excluding hydrogens is 124 g/mol. The topological polar surface area (TPSA) is 20.2 Å². The maximum absolute atomic E-state index is 8.51. The molecule has 0 aromatic rings. The van der Waals surface area contributed by atoms with E-state index in [2.05, 4.69) is 13.8 Å². The van der Waals surface area contributed by atoms with Crippen LogP contribution in [0.1, 0.15) is 46.0 Å². The number of hydrogen-bond acceptors (Lipinski definition) is 1. The first-order valence-electron chi connectivity index (χ1n) is 4.42. The van der Waals surface area contributed by atoms with E-state index in [9.17, 15) is 0 Å². The SMILES string of the molecule is CCC[C@@H](C)CCCCO. The molecule has 0 aliphatic carbocycles. The molecule has 0 aromatic heterocycles. The zero-order chi connectivity index (χ0) is 7.82. The zero-order valence-corrected chi connectivity index (χ0v) is 7.27. The van der Waals surface area contributed by atoms with Crippen molar-refractivity contribution in [3.05, 3.63) is 0 Å². The summed E-state index contributed by atoms with van der Waals surface area (Å²) in [7, 11) is 0. The highest BCUT2D eigenvalue weighted by Crippen LogP contribution is 2.12. The summed E-state index contributed by atoms with van der Waals surface area (Å²) in [6.07, 6.45) is 6.09. The van der Waals surface area contributed by atoms with Gasteiger partial charge in [0.15, 0.2) is 0 Å². The van der Waals surface area contributed by atoms with Gasteiger partial charge in [-0.2, -0.15) is 0 Å². The first-order valence-corrected chi connectivity index (χ1v) is 4.42. The van der Waals surface area contributed by atoms with Crippen molar-refractivity contribution in [3.63, 3.8) is 0 Å². The molecule has 0 fully saturated rings. The zero-order valence-electron chi connectivity index (χ0n) is 7.27. The van der Waals surface area contributed by atoms with Crippen LogP contribution in [0.5, 0.6) is 0 Å². The Hall–Kier alpha value is -0.0400. The largest absolute Gasteiger partial charge is 0.396 e. The fourth-order valence-corrected chi connectivity index (χ4v) is 1.24. The van der Waals surface area contributed by atoms with Gasteiger partial charge in [-0.1, -0.05) is 39.5 Å². The summed E-state index contributed by atoms with van der Waals surface area (Å²) in [5.74, 6) is 0.858. The van der Waals surface area contributed by atoms with Gasteiger partial charge in [-0.05, 0) is 12.3 Å². The maximum atomic E-state index is 8.51. The van der Waals surface area contributed by atoms with Crippen LogP contribution in [-0.2, 0) is 0 Å². The molecule has 1 nitrogen and oxygen atoms in total. The lowest BCUT2D eigenvalue weighted by atomic mass is 9.99. The van der Waals surface area contributed by atoms with Gasteiger partial charge in [0.1, 0.15) is 0 Å². The fraction of sp³-hybridized carbons (Fsp3) is 1.00. The molecule has 0 saturated heterocycles. The Bertz CT molecular complexity index is 61.7. The van der Waals surface area contributed by atoms with E-state index >= 15 is 0 Å². The number of unbranched alkanes of at least 4 members (excludes halogenated alkanes) is 1. The molecule has 0 heterocycles. The number of aliphatic hydroxyl groups excluding tert-OH is 1. The van der Waals surface area contributed by atoms with Crippen LogP contribution in [0.25, 0.3) is 0 Å². The summed E-state index contributed by atoms with van der Waals surface area (Å²) in [4.78, 5) is 0. The van der Waals surface area contributed by atoms with Gasteiger partial charge in [-0.25, -0.2) is 0 Å². The number of hydrogen-bond donors (Lipinski definition) is 1. The van der Waals surface area contributed by atoms with Crippen LogP contribution < -0.4 is 0 Å². The van der Waals surface area contributed by atoms with E-state index in [1.165, 1.54) is 25.7 Å². The van der Waals surface area contributed by atoms with E-state index in [0.29, 0.717) is 6.61 Å². The molecule has 1 heteroatoms. The predicted molar refractivity (Wildman–Crippen MR) is 45.0 cm³/mol. The van der Waals surface area contributed by atoms with Crippen LogP contribution >= 0.6 is 0 Å². The van der Waals surface area contributed by atoms with Crippen LogP contribution in [0.2, 0.25) is 0 Å². The standard InChI is InChI=1S/C9H20O/c1-3-6-9(2)7-4-5-8-10/h9-10H,3-8H2,1-2H3/t9-/m1/s1. The third kappa shape index (κ3) is 6.09. The molecule has 0 amide bonds. The molecule has 0 aliphatic rings. The Kier molecular flexibility index (Phi) is 7.04. The van der Waals surface area contributed by atoms with E-state index in [4.69, 9.17) is 5.11 Å². The summed E-state index contributed by atoms with van der Waals surface area (Å²) in [5, 5.41) is 8.51. The van der Waals surface area contributed by atoms with Gasteiger partial charge in [0.05, 0.1) is 0 Å². The molecule has 0 radical (unpaired) electrons. The Labute approximate surface area is 64.5 Å². The Morgan fingerprint density at radius 3 is 2.40 bits per heavy atom. The van der Waals surface area contributed by atoms with Crippen molar-refractivity contribution in [1.82, 2.24) is 0 Å². The molecule has 0 spiro atoms. The molecule has 0 aliphatic heterocycles. The minimum Gasteiger partial charge on any atom is -0.396 e. The molecule has 1 N–H and O–H groups in total. The number of rotatable bonds is 6. The van der Waals surface area contributed by atoms with Gasteiger partial charge in [0.25, 0.3) is 0 Å². The second-order valence-electron chi connectivity index (χ2n) is 3.11. The molecular formula is C9H20O. The molecule has 1 atom stereocenters. The molecule has 0 bridgehead atoms. The van der Waals surface area contributed by atoms with Gasteiger partial charge in [-0.3, -0.25) is 0 Å². The first kappa shape index (κ1) is 9.96. The van der Waals surface area contributed by atoms with E-state index < -0.39 is 0 Å². The van der Waals surface area contributed by atoms with Crippen LogP contribution in [0.15, 0.2) is 0 Å². The first-order chi connectivity index (χ1) is 4.81. The lowest BCUT2D eigenvalue weighted by Gasteiger charge is -2.07. The van der Waals surface area contributed by atoms with Gasteiger partial charge in [0.2, 0.25) is 0 Å². The lowest BCUT2D eigenvalue weighted by molar-refractivity contribution is 0.278. The van der Waals surface area contributed by atoms with Crippen molar-refractivity contribution >= 4 is 0 Å². The quantitative estimate of drug-likeness (QED) is 0.568. The molecule has 0 rings (SSSR count). The van der Waals surface area contributed by atoms with Crippen molar-refractivity contribution in [3.8, 4) is 0 Å². The second kappa shape index (κ2) is 7.07. The van der Waals surface area contributed by atoms with Crippen LogP contribution in [0, 0.1) is 5.92 Å². The molecule has 0 unspecified atom stereocenters. The van der Waals surface area contributed by atoms with Crippen molar-refractivity contribution < 1.29 is 5.11 Å². The summed E-state index contributed by atoms with van der Waals surface area (Å²) in [6.45, 7) is 4.88. The Morgan fingerprint density at radius 1 is 1.20 bits per heavy atom. The summed E-state index contributed by atoms with van der Waals surface area (Å²) in [5.41, 5.74) is 0. The van der Waals surface area contributed by atoms with Crippen molar-refractivity contribution in [2.45, 2.75) is 46.0 Å². The van der Waals surface area contributed by atoms with Gasteiger partial charge in [0, 0.05) is 6.61 Å². The van der Waals surface area contributed by atoms with E-state index in [-0.39, 0.29) is 0 Å². The summed E-state index contributed by atoms with van der Waals surface area (Å²) in [6, 6.07) is 0. The van der Waals surface area contributed by atoms with Crippen LogP contribution in [-0.4, -0.2) is 11.7 Å². The molecule has 0 saturated carbocycles. The number of aliphatic hydroxyl groups is 1. The highest BCUT2D eigenvalue weighted by atomic mass is 16.2. The average molecular weight is 144 g/mol. The monoisotopic (exact) mass is 144 g/mol. The Balaban J connectivity index is 2.97. The van der Waals surface area contributed by atoms with Crippen molar-refractivity contribution in [1.29, 1.82) is 0 Å². The minimum atomic E-state index is 0.360.